The minimum Gasteiger partial charge on any atom is -0.492 e. The first kappa shape index (κ1) is 14.2. The van der Waals surface area contributed by atoms with E-state index in [2.05, 4.69) is 10.5 Å². The van der Waals surface area contributed by atoms with Gasteiger partial charge < -0.3 is 21.0 Å². The normalized spacial score (nSPS) is 13.1. The van der Waals surface area contributed by atoms with Crippen LogP contribution in [0.2, 0.25) is 0 Å². The van der Waals surface area contributed by atoms with Gasteiger partial charge in [0.05, 0.1) is 12.3 Å². The Balaban J connectivity index is 2.74. The van der Waals surface area contributed by atoms with E-state index in [0.29, 0.717) is 13.0 Å². The molecule has 0 aromatic heterocycles. The van der Waals surface area contributed by atoms with Gasteiger partial charge in [0.15, 0.2) is 0 Å². The molecule has 1 aromatic rings. The van der Waals surface area contributed by atoms with Crippen LogP contribution in [0.1, 0.15) is 26.7 Å². The molecule has 0 spiro atoms. The van der Waals surface area contributed by atoms with E-state index in [0.717, 1.165) is 17.9 Å². The molecule has 0 radical (unpaired) electrons. The second-order valence-corrected chi connectivity index (χ2v) is 3.97. The lowest BCUT2D eigenvalue weighted by molar-refractivity contribution is 0.316. The van der Waals surface area contributed by atoms with Crippen molar-refractivity contribution in [2.24, 2.45) is 10.9 Å². The van der Waals surface area contributed by atoms with E-state index in [1.54, 1.807) is 0 Å². The van der Waals surface area contributed by atoms with Gasteiger partial charge in [-0.1, -0.05) is 24.2 Å². The zero-order valence-corrected chi connectivity index (χ0v) is 10.9. The van der Waals surface area contributed by atoms with Gasteiger partial charge in [-0.25, -0.2) is 0 Å². The number of nitrogens with zero attached hydrogens (tertiary/aromatic N) is 1. The molecule has 0 bridgehead atoms. The average Bonchev–Trinajstić information content (AvgIpc) is 2.40. The number of para-hydroxylation sites is 2. The summed E-state index contributed by atoms with van der Waals surface area (Å²) in [5.41, 5.74) is 6.46. The third-order valence-electron chi connectivity index (χ3n) is 2.62. The molecule has 18 heavy (non-hydrogen) atoms. The molecule has 0 saturated carbocycles. The number of ether oxygens (including phenoxy) is 1. The predicted octanol–water partition coefficient (Wildman–Crippen LogP) is 2.41. The summed E-state index contributed by atoms with van der Waals surface area (Å²) in [5.74, 6) is 1.04. The molecule has 5 heteroatoms. The monoisotopic (exact) mass is 251 g/mol. The van der Waals surface area contributed by atoms with Crippen molar-refractivity contribution in [2.75, 3.05) is 11.9 Å². The van der Waals surface area contributed by atoms with Crippen LogP contribution in [0.25, 0.3) is 0 Å². The summed E-state index contributed by atoms with van der Waals surface area (Å²) >= 11 is 0. The maximum atomic E-state index is 8.59. The zero-order valence-electron chi connectivity index (χ0n) is 10.9. The van der Waals surface area contributed by atoms with Crippen molar-refractivity contribution in [1.82, 2.24) is 0 Å². The predicted molar refractivity (Wildman–Crippen MR) is 73.3 cm³/mol. The quantitative estimate of drug-likeness (QED) is 0.301. The second-order valence-electron chi connectivity index (χ2n) is 3.97. The lowest BCUT2D eigenvalue weighted by atomic mass is 10.1. The summed E-state index contributed by atoms with van der Waals surface area (Å²) in [6.07, 6.45) is 1.37. The maximum absolute atomic E-state index is 8.59. The Morgan fingerprint density at radius 1 is 1.44 bits per heavy atom. The van der Waals surface area contributed by atoms with E-state index in [9.17, 15) is 0 Å². The molecular formula is C13H21N3O2. The first-order chi connectivity index (χ1) is 8.71. The molecule has 5 nitrogen and oxygen atoms in total. The van der Waals surface area contributed by atoms with Crippen LogP contribution in [0.5, 0.6) is 5.75 Å². The highest BCUT2D eigenvalue weighted by Gasteiger charge is 2.11. The Hall–Kier alpha value is -1.91. The summed E-state index contributed by atoms with van der Waals surface area (Å²) in [7, 11) is 0. The third kappa shape index (κ3) is 4.16. The lowest BCUT2D eigenvalue weighted by Crippen LogP contribution is -2.26. The van der Waals surface area contributed by atoms with Gasteiger partial charge >= 0.3 is 0 Å². The summed E-state index contributed by atoms with van der Waals surface area (Å²) in [6.45, 7) is 4.62. The summed E-state index contributed by atoms with van der Waals surface area (Å²) < 4.78 is 5.54. The van der Waals surface area contributed by atoms with Gasteiger partial charge in [-0.05, 0) is 25.5 Å². The number of benzene rings is 1. The minimum atomic E-state index is 0.113. The van der Waals surface area contributed by atoms with Gasteiger partial charge in [0.25, 0.3) is 0 Å². The highest BCUT2D eigenvalue weighted by Crippen LogP contribution is 2.25. The molecule has 0 saturated heterocycles. The van der Waals surface area contributed by atoms with Gasteiger partial charge in [0, 0.05) is 12.5 Å². The van der Waals surface area contributed by atoms with Crippen LogP contribution < -0.4 is 15.8 Å². The Morgan fingerprint density at radius 3 is 2.78 bits per heavy atom. The molecule has 1 unspecified atom stereocenters. The number of nitrogens with two attached hydrogens (primary N) is 1. The number of hydrogen-bond acceptors (Lipinski definition) is 4. The molecule has 0 aliphatic rings. The molecule has 1 rings (SSSR count). The van der Waals surface area contributed by atoms with Crippen LogP contribution in [0, 0.1) is 0 Å². The van der Waals surface area contributed by atoms with Gasteiger partial charge in [-0.15, -0.1) is 0 Å². The highest BCUT2D eigenvalue weighted by molar-refractivity contribution is 5.80. The molecule has 0 fully saturated rings. The van der Waals surface area contributed by atoms with Crippen molar-refractivity contribution in [3.05, 3.63) is 24.3 Å². The van der Waals surface area contributed by atoms with Crippen molar-refractivity contribution in [1.29, 1.82) is 0 Å². The van der Waals surface area contributed by atoms with E-state index in [1.807, 2.05) is 38.1 Å². The van der Waals surface area contributed by atoms with Gasteiger partial charge in [0.2, 0.25) is 0 Å². The number of hydrogen-bond donors (Lipinski definition) is 3. The molecule has 1 aromatic carbocycles. The Morgan fingerprint density at radius 2 is 2.17 bits per heavy atom. The second kappa shape index (κ2) is 7.42. The Bertz CT molecular complexity index is 394. The molecule has 0 aliphatic carbocycles. The first-order valence-corrected chi connectivity index (χ1v) is 6.16. The highest BCUT2D eigenvalue weighted by atomic mass is 16.5. The van der Waals surface area contributed by atoms with Gasteiger partial charge in [-0.3, -0.25) is 0 Å². The van der Waals surface area contributed by atoms with Crippen molar-refractivity contribution < 1.29 is 9.94 Å². The molecule has 0 amide bonds. The lowest BCUT2D eigenvalue weighted by Gasteiger charge is -2.19. The Kier molecular flexibility index (Phi) is 5.84. The smallest absolute Gasteiger partial charge is 0.142 e. The van der Waals surface area contributed by atoms with Crippen molar-refractivity contribution in [3.63, 3.8) is 0 Å². The van der Waals surface area contributed by atoms with E-state index in [1.165, 1.54) is 0 Å². The standard InChI is InChI=1S/C13H21N3O2/c1-3-10(9-13(14)16-17)15-11-7-5-6-8-12(11)18-4-2/h5-8,10,15,17H,3-4,9H2,1-2H3,(H2,14,16). The first-order valence-electron chi connectivity index (χ1n) is 6.16. The zero-order chi connectivity index (χ0) is 13.4. The minimum absolute atomic E-state index is 0.113. The largest absolute Gasteiger partial charge is 0.492 e. The SMILES string of the molecule is CCOc1ccccc1NC(CC)CC(N)=NO. The topological polar surface area (TPSA) is 79.9 Å². The van der Waals surface area contributed by atoms with Crippen molar-refractivity contribution >= 4 is 11.5 Å². The van der Waals surface area contributed by atoms with Crippen LogP contribution in [0.3, 0.4) is 0 Å². The number of rotatable bonds is 7. The third-order valence-corrected chi connectivity index (χ3v) is 2.62. The van der Waals surface area contributed by atoms with E-state index >= 15 is 0 Å². The van der Waals surface area contributed by atoms with Crippen LogP contribution in [0.15, 0.2) is 29.4 Å². The summed E-state index contributed by atoms with van der Waals surface area (Å²) in [5, 5.41) is 14.9. The fourth-order valence-corrected chi connectivity index (χ4v) is 1.68. The van der Waals surface area contributed by atoms with E-state index in [-0.39, 0.29) is 11.9 Å². The van der Waals surface area contributed by atoms with Crippen LogP contribution in [0.4, 0.5) is 5.69 Å². The fourth-order valence-electron chi connectivity index (χ4n) is 1.68. The molecule has 100 valence electrons. The van der Waals surface area contributed by atoms with E-state index < -0.39 is 0 Å². The molecule has 4 N–H and O–H groups in total. The van der Waals surface area contributed by atoms with Crippen molar-refractivity contribution in [2.45, 2.75) is 32.7 Å². The van der Waals surface area contributed by atoms with Crippen molar-refractivity contribution in [3.8, 4) is 5.75 Å². The molecular weight excluding hydrogens is 230 g/mol. The van der Waals surface area contributed by atoms with Crippen LogP contribution in [-0.2, 0) is 0 Å². The van der Waals surface area contributed by atoms with Gasteiger partial charge in [-0.2, -0.15) is 0 Å². The molecule has 1 atom stereocenters. The number of oxime groups is 1. The fraction of sp³-hybridized carbons (Fsp3) is 0.462. The molecule has 0 aliphatic heterocycles. The summed E-state index contributed by atoms with van der Waals surface area (Å²) in [6, 6.07) is 7.87. The van der Waals surface area contributed by atoms with E-state index in [4.69, 9.17) is 15.7 Å². The Labute approximate surface area is 108 Å². The van der Waals surface area contributed by atoms with Crippen LogP contribution >= 0.6 is 0 Å². The van der Waals surface area contributed by atoms with Gasteiger partial charge in [0.1, 0.15) is 11.6 Å². The molecule has 0 heterocycles. The number of nitrogens with one attached hydrogen (secondary N) is 1. The maximum Gasteiger partial charge on any atom is 0.142 e. The number of anilines is 1. The number of amidine groups is 1. The average molecular weight is 251 g/mol. The van der Waals surface area contributed by atoms with Crippen LogP contribution in [-0.4, -0.2) is 23.7 Å². The summed E-state index contributed by atoms with van der Waals surface area (Å²) in [4.78, 5) is 0.